The van der Waals surface area contributed by atoms with Gasteiger partial charge in [0.05, 0.1) is 30.3 Å². The number of alkyl carbamates (subject to hydrolysis) is 1. The number of hydrogen-bond donors (Lipinski definition) is 3. The standard InChI is InChI=1S/C40H50N6O9S/c1-9-24-21-40(24,36(49)45-56(51,52)27-14-15-27)44-33(47)31-20-26(22-46(31)35(48)32(38(2,3)4)43-37(50)55-39(5,6)7)54-34-28-16-13-25(53-8)18-23(28)19-30(42-34)29-12-10-11-17-41-29/h9-13,16-19,24,26-27,31-32H,1,14-15,20-22H2,2-8H3,(H,43,50)(H,44,47)(H,45,49). The van der Waals surface area contributed by atoms with Gasteiger partial charge in [-0.2, -0.15) is 0 Å². The van der Waals surface area contributed by atoms with Crippen molar-refractivity contribution in [2.24, 2.45) is 11.3 Å². The number of amides is 4. The molecule has 5 unspecified atom stereocenters. The molecule has 2 aliphatic carbocycles. The predicted octanol–water partition coefficient (Wildman–Crippen LogP) is 4.26. The minimum Gasteiger partial charge on any atom is -0.497 e. The van der Waals surface area contributed by atoms with Crippen molar-refractivity contribution in [3.63, 3.8) is 0 Å². The number of benzene rings is 1. The molecule has 6 rings (SSSR count). The lowest BCUT2D eigenvalue weighted by Gasteiger charge is -2.36. The third kappa shape index (κ3) is 8.74. The number of pyridine rings is 2. The van der Waals surface area contributed by atoms with Crippen LogP contribution >= 0.6 is 0 Å². The Morgan fingerprint density at radius 1 is 1.04 bits per heavy atom. The van der Waals surface area contributed by atoms with Crippen molar-refractivity contribution in [2.45, 2.75) is 102 Å². The quantitative estimate of drug-likeness (QED) is 0.222. The Balaban J connectivity index is 1.34. The Hall–Kier alpha value is -5.25. The molecule has 3 fully saturated rings. The topological polar surface area (TPSA) is 195 Å². The van der Waals surface area contributed by atoms with E-state index in [-0.39, 0.29) is 25.3 Å². The van der Waals surface area contributed by atoms with Crippen LogP contribution in [0.2, 0.25) is 0 Å². The summed E-state index contributed by atoms with van der Waals surface area (Å²) >= 11 is 0. The Morgan fingerprint density at radius 3 is 2.36 bits per heavy atom. The maximum atomic E-state index is 14.6. The summed E-state index contributed by atoms with van der Waals surface area (Å²) in [5, 5.41) is 6.25. The van der Waals surface area contributed by atoms with Gasteiger partial charge in [0.25, 0.3) is 5.91 Å². The molecule has 56 heavy (non-hydrogen) atoms. The SMILES string of the molecule is C=CC1CC1(NC(=O)C1CC(Oc2nc(-c3ccccn3)cc3cc(OC)ccc23)CN1C(=O)C(NC(=O)OC(C)(C)C)C(C)(C)C)C(=O)NS(=O)(=O)C1CC1. The van der Waals surface area contributed by atoms with Crippen molar-refractivity contribution in [1.82, 2.24) is 30.2 Å². The van der Waals surface area contributed by atoms with Gasteiger partial charge in [0.2, 0.25) is 27.7 Å². The molecule has 15 nitrogen and oxygen atoms in total. The molecule has 3 aromatic rings. The Morgan fingerprint density at radius 2 is 1.77 bits per heavy atom. The van der Waals surface area contributed by atoms with E-state index in [4.69, 9.17) is 19.2 Å². The molecule has 3 N–H and O–H groups in total. The molecule has 3 heterocycles. The normalized spacial score (nSPS) is 22.8. The first-order chi connectivity index (χ1) is 26.2. The first-order valence-electron chi connectivity index (χ1n) is 18.6. The fourth-order valence-corrected chi connectivity index (χ4v) is 8.22. The summed E-state index contributed by atoms with van der Waals surface area (Å²) in [6.45, 7) is 14.1. The van der Waals surface area contributed by atoms with E-state index in [0.29, 0.717) is 35.4 Å². The number of nitrogens with zero attached hydrogens (tertiary/aromatic N) is 3. The van der Waals surface area contributed by atoms with E-state index in [1.165, 1.54) is 11.0 Å². The van der Waals surface area contributed by atoms with Crippen LogP contribution in [0.15, 0.2) is 61.3 Å². The van der Waals surface area contributed by atoms with Gasteiger partial charge in [-0.05, 0) is 87.2 Å². The van der Waals surface area contributed by atoms with Crippen LogP contribution in [-0.2, 0) is 29.1 Å². The number of sulfonamides is 1. The summed E-state index contributed by atoms with van der Waals surface area (Å²) in [6, 6.07) is 10.4. The summed E-state index contributed by atoms with van der Waals surface area (Å²) < 4.78 is 45.2. The highest BCUT2D eigenvalue weighted by Gasteiger charge is 2.62. The summed E-state index contributed by atoms with van der Waals surface area (Å²) in [5.41, 5.74) is -2.15. The highest BCUT2D eigenvalue weighted by Crippen LogP contribution is 2.46. The number of hydrogen-bond acceptors (Lipinski definition) is 11. The van der Waals surface area contributed by atoms with Gasteiger partial charge >= 0.3 is 6.09 Å². The molecular formula is C40H50N6O9S. The van der Waals surface area contributed by atoms with Crippen molar-refractivity contribution in [3.8, 4) is 23.0 Å². The zero-order valence-corrected chi connectivity index (χ0v) is 33.6. The van der Waals surface area contributed by atoms with Gasteiger partial charge in [-0.3, -0.25) is 24.1 Å². The molecule has 3 aliphatic rings. The van der Waals surface area contributed by atoms with Crippen molar-refractivity contribution in [2.75, 3.05) is 13.7 Å². The number of carbonyl (C=O) groups excluding carboxylic acids is 4. The van der Waals surface area contributed by atoms with Gasteiger partial charge in [-0.15, -0.1) is 6.58 Å². The van der Waals surface area contributed by atoms with Gasteiger partial charge < -0.3 is 29.7 Å². The second-order valence-corrected chi connectivity index (χ2v) is 18.7. The van der Waals surface area contributed by atoms with Crippen LogP contribution in [-0.4, -0.2) is 95.3 Å². The summed E-state index contributed by atoms with van der Waals surface area (Å²) in [5.74, 6) is -1.83. The monoisotopic (exact) mass is 790 g/mol. The summed E-state index contributed by atoms with van der Waals surface area (Å²) in [4.78, 5) is 66.3. The highest BCUT2D eigenvalue weighted by molar-refractivity contribution is 7.91. The van der Waals surface area contributed by atoms with Crippen molar-refractivity contribution in [1.29, 1.82) is 0 Å². The molecule has 16 heteroatoms. The van der Waals surface area contributed by atoms with Crippen LogP contribution < -0.4 is 24.8 Å². The fraction of sp³-hybridized carbons (Fsp3) is 0.500. The number of likely N-dealkylation sites (tertiary alicyclic amines) is 1. The molecule has 0 bridgehead atoms. The van der Waals surface area contributed by atoms with E-state index in [2.05, 4.69) is 26.9 Å². The lowest BCUT2D eigenvalue weighted by Crippen LogP contribution is -2.60. The maximum absolute atomic E-state index is 14.6. The van der Waals surface area contributed by atoms with Crippen LogP contribution in [0.5, 0.6) is 11.6 Å². The van der Waals surface area contributed by atoms with Crippen molar-refractivity contribution >= 4 is 44.6 Å². The van der Waals surface area contributed by atoms with Gasteiger partial charge in [0.1, 0.15) is 35.1 Å². The molecule has 300 valence electrons. The van der Waals surface area contributed by atoms with Crippen LogP contribution in [0, 0.1) is 11.3 Å². The number of ether oxygens (including phenoxy) is 3. The second kappa shape index (κ2) is 15.0. The molecule has 2 aromatic heterocycles. The zero-order chi connectivity index (χ0) is 40.8. The molecule has 1 aliphatic heterocycles. The third-order valence-corrected chi connectivity index (χ3v) is 11.9. The van der Waals surface area contributed by atoms with Gasteiger partial charge in [0, 0.05) is 23.9 Å². The Labute approximate surface area is 327 Å². The molecule has 1 saturated heterocycles. The maximum Gasteiger partial charge on any atom is 0.408 e. The smallest absolute Gasteiger partial charge is 0.408 e. The van der Waals surface area contributed by atoms with E-state index in [0.717, 1.165) is 5.39 Å². The number of carbonyl (C=O) groups is 4. The molecule has 0 spiro atoms. The molecule has 2 saturated carbocycles. The zero-order valence-electron chi connectivity index (χ0n) is 32.7. The molecule has 1 aromatic carbocycles. The van der Waals surface area contributed by atoms with E-state index in [1.54, 1.807) is 67.0 Å². The first kappa shape index (κ1) is 40.4. The lowest BCUT2D eigenvalue weighted by atomic mass is 9.85. The van der Waals surface area contributed by atoms with E-state index >= 15 is 0 Å². The van der Waals surface area contributed by atoms with Crippen LogP contribution in [0.1, 0.15) is 67.2 Å². The van der Waals surface area contributed by atoms with Crippen LogP contribution in [0.4, 0.5) is 4.79 Å². The van der Waals surface area contributed by atoms with Crippen LogP contribution in [0.3, 0.4) is 0 Å². The van der Waals surface area contributed by atoms with Crippen molar-refractivity contribution in [3.05, 3.63) is 61.3 Å². The average Bonchev–Trinajstić information content (AvgIpc) is 4.06. The third-order valence-electron chi connectivity index (χ3n) is 10.1. The fourth-order valence-electron chi connectivity index (χ4n) is 6.86. The molecule has 4 amide bonds. The Bertz CT molecular complexity index is 2150. The number of rotatable bonds is 12. The van der Waals surface area contributed by atoms with E-state index in [1.807, 2.05) is 30.3 Å². The molecule has 0 radical (unpaired) electrons. The summed E-state index contributed by atoms with van der Waals surface area (Å²) in [6.07, 6.45) is 2.54. The largest absolute Gasteiger partial charge is 0.497 e. The van der Waals surface area contributed by atoms with Gasteiger partial charge in [-0.1, -0.05) is 32.9 Å². The minimum absolute atomic E-state index is 0.0230. The lowest BCUT2D eigenvalue weighted by molar-refractivity contribution is -0.143. The number of methoxy groups -OCH3 is 1. The van der Waals surface area contributed by atoms with E-state index in [9.17, 15) is 27.6 Å². The van der Waals surface area contributed by atoms with E-state index < -0.39 is 79.7 Å². The van der Waals surface area contributed by atoms with Crippen molar-refractivity contribution < 1.29 is 41.8 Å². The predicted molar refractivity (Wildman–Crippen MR) is 208 cm³/mol. The summed E-state index contributed by atoms with van der Waals surface area (Å²) in [7, 11) is -2.36. The second-order valence-electron chi connectivity index (χ2n) is 16.7. The number of nitrogens with one attached hydrogen (secondary N) is 3. The Kier molecular flexibility index (Phi) is 10.8. The number of fused-ring (bicyclic) bond motifs is 1. The van der Waals surface area contributed by atoms with Gasteiger partial charge in [-0.25, -0.2) is 18.2 Å². The first-order valence-corrected chi connectivity index (χ1v) is 20.2. The molecular weight excluding hydrogens is 741 g/mol. The highest BCUT2D eigenvalue weighted by atomic mass is 32.2. The molecule has 5 atom stereocenters. The average molecular weight is 791 g/mol. The van der Waals surface area contributed by atoms with Crippen LogP contribution in [0.25, 0.3) is 22.2 Å². The van der Waals surface area contributed by atoms with Gasteiger partial charge in [0.15, 0.2) is 0 Å². The number of aromatic nitrogens is 2. The minimum atomic E-state index is -3.92.